The number of primary amides is 1. The van der Waals surface area contributed by atoms with E-state index in [0.717, 1.165) is 24.3 Å². The van der Waals surface area contributed by atoms with Crippen molar-refractivity contribution in [2.24, 2.45) is 11.7 Å². The SMILES string of the molecule is COc1cccc(NC(=O)[C@H](C)[NH+]2CCC[C@H](C(N)=O)C2)c1. The van der Waals surface area contributed by atoms with Crippen LogP contribution in [-0.2, 0) is 9.59 Å². The molecule has 1 unspecified atom stereocenters. The van der Waals surface area contributed by atoms with Crippen molar-refractivity contribution in [1.29, 1.82) is 0 Å². The standard InChI is InChI=1S/C16H23N3O3/c1-11(19-8-4-5-12(10-19)15(17)20)16(21)18-13-6-3-7-14(9-13)22-2/h3,6-7,9,11-12H,4-5,8,10H2,1-2H3,(H2,17,20)(H,18,21)/p+1/t11-,12-/m0/s1. The Labute approximate surface area is 130 Å². The fourth-order valence-electron chi connectivity index (χ4n) is 2.87. The fraction of sp³-hybridized carbons (Fsp3) is 0.500. The molecule has 6 nitrogen and oxygen atoms in total. The summed E-state index contributed by atoms with van der Waals surface area (Å²) in [7, 11) is 1.59. The lowest BCUT2D eigenvalue weighted by molar-refractivity contribution is -0.921. The topological polar surface area (TPSA) is 85.9 Å². The largest absolute Gasteiger partial charge is 0.497 e. The van der Waals surface area contributed by atoms with E-state index < -0.39 is 0 Å². The van der Waals surface area contributed by atoms with E-state index in [1.807, 2.05) is 25.1 Å². The van der Waals surface area contributed by atoms with Gasteiger partial charge in [-0.25, -0.2) is 0 Å². The van der Waals surface area contributed by atoms with Gasteiger partial charge in [0.2, 0.25) is 5.91 Å². The Balaban J connectivity index is 1.97. The van der Waals surface area contributed by atoms with Gasteiger partial charge >= 0.3 is 0 Å². The molecule has 3 atom stereocenters. The number of amides is 2. The number of nitrogens with one attached hydrogen (secondary N) is 2. The van der Waals surface area contributed by atoms with Gasteiger partial charge in [-0.3, -0.25) is 9.59 Å². The number of nitrogens with two attached hydrogens (primary N) is 1. The first-order valence-electron chi connectivity index (χ1n) is 7.60. The summed E-state index contributed by atoms with van der Waals surface area (Å²) >= 11 is 0. The molecule has 0 bridgehead atoms. The number of methoxy groups -OCH3 is 1. The van der Waals surface area contributed by atoms with Crippen LogP contribution in [0.3, 0.4) is 0 Å². The van der Waals surface area contributed by atoms with E-state index >= 15 is 0 Å². The van der Waals surface area contributed by atoms with E-state index in [1.54, 1.807) is 13.2 Å². The minimum atomic E-state index is -0.266. The smallest absolute Gasteiger partial charge is 0.282 e. The number of quaternary nitrogens is 1. The molecular weight excluding hydrogens is 282 g/mol. The van der Waals surface area contributed by atoms with Crippen LogP contribution in [0.2, 0.25) is 0 Å². The molecule has 6 heteroatoms. The van der Waals surface area contributed by atoms with E-state index in [9.17, 15) is 9.59 Å². The van der Waals surface area contributed by atoms with Gasteiger partial charge in [-0.05, 0) is 31.9 Å². The number of carbonyl (C=O) groups is 2. The molecular formula is C16H24N3O3+. The molecule has 1 saturated heterocycles. The van der Waals surface area contributed by atoms with Crippen LogP contribution in [0.25, 0.3) is 0 Å². The van der Waals surface area contributed by atoms with Crippen LogP contribution >= 0.6 is 0 Å². The maximum atomic E-state index is 12.4. The van der Waals surface area contributed by atoms with Gasteiger partial charge in [0.25, 0.3) is 5.91 Å². The van der Waals surface area contributed by atoms with E-state index in [1.165, 1.54) is 0 Å². The van der Waals surface area contributed by atoms with Crippen LogP contribution in [0, 0.1) is 5.92 Å². The summed E-state index contributed by atoms with van der Waals surface area (Å²) in [5.41, 5.74) is 6.10. The maximum Gasteiger partial charge on any atom is 0.282 e. The zero-order chi connectivity index (χ0) is 16.1. The summed E-state index contributed by atoms with van der Waals surface area (Å²) < 4.78 is 5.15. The molecule has 2 rings (SSSR count). The normalized spacial score (nSPS) is 22.6. The Bertz CT molecular complexity index is 547. The number of likely N-dealkylation sites (tertiary alicyclic amines) is 1. The number of carbonyl (C=O) groups excluding carboxylic acids is 2. The quantitative estimate of drug-likeness (QED) is 0.704. The highest BCUT2D eigenvalue weighted by molar-refractivity contribution is 5.93. The first-order valence-corrected chi connectivity index (χ1v) is 7.60. The number of rotatable bonds is 5. The van der Waals surface area contributed by atoms with E-state index in [0.29, 0.717) is 18.0 Å². The molecule has 0 spiro atoms. The number of benzene rings is 1. The first kappa shape index (κ1) is 16.3. The molecule has 1 aromatic carbocycles. The van der Waals surface area contributed by atoms with Crippen molar-refractivity contribution < 1.29 is 19.2 Å². The van der Waals surface area contributed by atoms with Gasteiger partial charge in [-0.2, -0.15) is 0 Å². The average molecular weight is 306 g/mol. The number of ether oxygens (including phenoxy) is 1. The third kappa shape index (κ3) is 3.98. The zero-order valence-electron chi connectivity index (χ0n) is 13.1. The third-order valence-electron chi connectivity index (χ3n) is 4.30. The number of hydrogen-bond donors (Lipinski definition) is 3. The van der Waals surface area contributed by atoms with Gasteiger partial charge in [0.15, 0.2) is 6.04 Å². The lowest BCUT2D eigenvalue weighted by atomic mass is 9.96. The van der Waals surface area contributed by atoms with Crippen molar-refractivity contribution in [2.45, 2.75) is 25.8 Å². The van der Waals surface area contributed by atoms with E-state index in [2.05, 4.69) is 5.32 Å². The van der Waals surface area contributed by atoms with Crippen molar-refractivity contribution >= 4 is 17.5 Å². The van der Waals surface area contributed by atoms with Crippen molar-refractivity contribution in [3.63, 3.8) is 0 Å². The van der Waals surface area contributed by atoms with E-state index in [4.69, 9.17) is 10.5 Å². The molecule has 22 heavy (non-hydrogen) atoms. The van der Waals surface area contributed by atoms with Crippen LogP contribution in [-0.4, -0.2) is 38.1 Å². The first-order chi connectivity index (χ1) is 10.5. The average Bonchev–Trinajstić information content (AvgIpc) is 2.54. The minimum absolute atomic E-state index is 0.0617. The molecule has 2 amide bonds. The Hall–Kier alpha value is -2.08. The van der Waals surface area contributed by atoms with Crippen LogP contribution in [0.5, 0.6) is 5.75 Å². The van der Waals surface area contributed by atoms with Gasteiger partial charge in [0, 0.05) is 11.8 Å². The lowest BCUT2D eigenvalue weighted by Gasteiger charge is -2.31. The summed E-state index contributed by atoms with van der Waals surface area (Å²) in [6, 6.07) is 7.03. The van der Waals surface area contributed by atoms with Crippen molar-refractivity contribution in [3.8, 4) is 5.75 Å². The van der Waals surface area contributed by atoms with Crippen molar-refractivity contribution in [1.82, 2.24) is 0 Å². The van der Waals surface area contributed by atoms with E-state index in [-0.39, 0.29) is 23.8 Å². The van der Waals surface area contributed by atoms with Crippen molar-refractivity contribution in [3.05, 3.63) is 24.3 Å². The molecule has 1 heterocycles. The Morgan fingerprint density at radius 3 is 2.91 bits per heavy atom. The van der Waals surface area contributed by atoms with Crippen LogP contribution in [0.15, 0.2) is 24.3 Å². The number of anilines is 1. The maximum absolute atomic E-state index is 12.4. The second kappa shape index (κ2) is 7.26. The van der Waals surface area contributed by atoms with Crippen LogP contribution < -0.4 is 20.7 Å². The van der Waals surface area contributed by atoms with Gasteiger partial charge in [0.05, 0.1) is 26.1 Å². The predicted octanol–water partition coefficient (Wildman–Crippen LogP) is -0.198. The highest BCUT2D eigenvalue weighted by Crippen LogP contribution is 2.16. The molecule has 0 radical (unpaired) electrons. The molecule has 120 valence electrons. The summed E-state index contributed by atoms with van der Waals surface area (Å²) in [5, 5.41) is 2.90. The lowest BCUT2D eigenvalue weighted by Crippen LogP contribution is -3.18. The molecule has 1 fully saturated rings. The molecule has 4 N–H and O–H groups in total. The summed E-state index contributed by atoms with van der Waals surface area (Å²) in [4.78, 5) is 24.9. The fourth-order valence-corrected chi connectivity index (χ4v) is 2.87. The van der Waals surface area contributed by atoms with Crippen molar-refractivity contribution in [2.75, 3.05) is 25.5 Å². The Morgan fingerprint density at radius 2 is 2.23 bits per heavy atom. The highest BCUT2D eigenvalue weighted by Gasteiger charge is 2.33. The van der Waals surface area contributed by atoms with Crippen LogP contribution in [0.4, 0.5) is 5.69 Å². The second-order valence-electron chi connectivity index (χ2n) is 5.80. The Kier molecular flexibility index (Phi) is 5.38. The Morgan fingerprint density at radius 1 is 1.45 bits per heavy atom. The zero-order valence-corrected chi connectivity index (χ0v) is 13.1. The molecule has 0 saturated carbocycles. The summed E-state index contributed by atoms with van der Waals surface area (Å²) in [6.07, 6.45) is 1.74. The van der Waals surface area contributed by atoms with Gasteiger partial charge in [0.1, 0.15) is 5.75 Å². The second-order valence-corrected chi connectivity index (χ2v) is 5.80. The monoisotopic (exact) mass is 306 g/mol. The van der Waals surface area contributed by atoms with Crippen LogP contribution in [0.1, 0.15) is 19.8 Å². The number of hydrogen-bond acceptors (Lipinski definition) is 3. The number of piperidine rings is 1. The third-order valence-corrected chi connectivity index (χ3v) is 4.30. The summed E-state index contributed by atoms with van der Waals surface area (Å²) in [6.45, 7) is 3.40. The molecule has 1 aliphatic rings. The minimum Gasteiger partial charge on any atom is -0.497 e. The van der Waals surface area contributed by atoms with Gasteiger partial charge in [-0.1, -0.05) is 6.07 Å². The molecule has 1 aliphatic heterocycles. The highest BCUT2D eigenvalue weighted by atomic mass is 16.5. The van der Waals surface area contributed by atoms with Gasteiger partial charge in [-0.15, -0.1) is 0 Å². The molecule has 1 aromatic rings. The molecule has 0 aromatic heterocycles. The predicted molar refractivity (Wildman–Crippen MR) is 83.7 cm³/mol. The van der Waals surface area contributed by atoms with Gasteiger partial charge < -0.3 is 20.7 Å². The molecule has 0 aliphatic carbocycles. The summed E-state index contributed by atoms with van der Waals surface area (Å²) in [5.74, 6) is 0.242.